The fourth-order valence-corrected chi connectivity index (χ4v) is 3.50. The summed E-state index contributed by atoms with van der Waals surface area (Å²) in [7, 11) is 0. The molecule has 3 heterocycles. The topological polar surface area (TPSA) is 49.5 Å². The fraction of sp³-hybridized carbons (Fsp3) is 0.500. The molecule has 0 aromatic carbocycles. The van der Waals surface area contributed by atoms with Crippen LogP contribution in [-0.2, 0) is 6.54 Å². The Hall–Kier alpha value is -1.36. The summed E-state index contributed by atoms with van der Waals surface area (Å²) in [5.41, 5.74) is 1.10. The molecular weight excluding hydrogens is 312 g/mol. The van der Waals surface area contributed by atoms with Crippen LogP contribution < -0.4 is 0 Å². The van der Waals surface area contributed by atoms with Crippen LogP contribution in [0.3, 0.4) is 0 Å². The third kappa shape index (κ3) is 4.34. The van der Waals surface area contributed by atoms with E-state index in [-0.39, 0.29) is 0 Å². The SMILES string of the molecule is OC(CC1CCCCCN1Cc1ccncc1Cl)c1ccco1. The van der Waals surface area contributed by atoms with Crippen molar-refractivity contribution < 1.29 is 9.52 Å². The molecule has 0 bridgehead atoms. The van der Waals surface area contributed by atoms with Crippen LogP contribution in [-0.4, -0.2) is 27.6 Å². The first kappa shape index (κ1) is 16.5. The minimum absolute atomic E-state index is 0.335. The minimum atomic E-state index is -0.552. The minimum Gasteiger partial charge on any atom is -0.467 e. The lowest BCUT2D eigenvalue weighted by atomic mass is 10.0. The van der Waals surface area contributed by atoms with Crippen molar-refractivity contribution in [3.05, 3.63) is 53.2 Å². The molecule has 0 saturated carbocycles. The molecule has 3 rings (SSSR count). The van der Waals surface area contributed by atoms with Gasteiger partial charge in [0.15, 0.2) is 0 Å². The molecule has 23 heavy (non-hydrogen) atoms. The Balaban J connectivity index is 1.71. The molecule has 1 fully saturated rings. The molecule has 0 amide bonds. The van der Waals surface area contributed by atoms with Crippen LogP contribution in [0.5, 0.6) is 0 Å². The second-order valence-corrected chi connectivity index (χ2v) is 6.61. The van der Waals surface area contributed by atoms with Gasteiger partial charge in [-0.1, -0.05) is 24.4 Å². The van der Waals surface area contributed by atoms with E-state index < -0.39 is 6.10 Å². The average molecular weight is 335 g/mol. The van der Waals surface area contributed by atoms with E-state index in [1.165, 1.54) is 19.3 Å². The Morgan fingerprint density at radius 1 is 1.35 bits per heavy atom. The zero-order valence-electron chi connectivity index (χ0n) is 13.2. The van der Waals surface area contributed by atoms with Crippen molar-refractivity contribution in [2.24, 2.45) is 0 Å². The Labute approximate surface area is 142 Å². The summed E-state index contributed by atoms with van der Waals surface area (Å²) in [6.07, 6.45) is 9.97. The Kier molecular flexibility index (Phi) is 5.70. The largest absolute Gasteiger partial charge is 0.467 e. The monoisotopic (exact) mass is 334 g/mol. The van der Waals surface area contributed by atoms with Gasteiger partial charge >= 0.3 is 0 Å². The number of hydrogen-bond donors (Lipinski definition) is 1. The lowest BCUT2D eigenvalue weighted by Crippen LogP contribution is -2.35. The summed E-state index contributed by atoms with van der Waals surface area (Å²) in [5.74, 6) is 0.649. The lowest BCUT2D eigenvalue weighted by Gasteiger charge is -2.31. The number of aliphatic hydroxyl groups excluding tert-OH is 1. The molecular formula is C18H23ClN2O2. The summed E-state index contributed by atoms with van der Waals surface area (Å²) >= 11 is 6.27. The lowest BCUT2D eigenvalue weighted by molar-refractivity contribution is 0.0830. The highest BCUT2D eigenvalue weighted by Crippen LogP contribution is 2.28. The van der Waals surface area contributed by atoms with Gasteiger partial charge in [-0.3, -0.25) is 9.88 Å². The van der Waals surface area contributed by atoms with Gasteiger partial charge in [-0.2, -0.15) is 0 Å². The van der Waals surface area contributed by atoms with Crippen molar-refractivity contribution >= 4 is 11.6 Å². The maximum atomic E-state index is 10.4. The Morgan fingerprint density at radius 3 is 3.04 bits per heavy atom. The molecule has 124 valence electrons. The van der Waals surface area contributed by atoms with Crippen molar-refractivity contribution in [3.63, 3.8) is 0 Å². The average Bonchev–Trinajstić information content (AvgIpc) is 3.01. The second-order valence-electron chi connectivity index (χ2n) is 6.21. The van der Waals surface area contributed by atoms with Gasteiger partial charge < -0.3 is 9.52 Å². The van der Waals surface area contributed by atoms with E-state index in [0.29, 0.717) is 23.2 Å². The van der Waals surface area contributed by atoms with Gasteiger partial charge in [0.1, 0.15) is 11.9 Å². The number of rotatable bonds is 5. The van der Waals surface area contributed by atoms with Crippen LogP contribution in [0.25, 0.3) is 0 Å². The first-order valence-electron chi connectivity index (χ1n) is 8.28. The van der Waals surface area contributed by atoms with Crippen LogP contribution in [0.15, 0.2) is 41.3 Å². The molecule has 1 aliphatic rings. The molecule has 1 saturated heterocycles. The first-order valence-corrected chi connectivity index (χ1v) is 8.66. The molecule has 1 N–H and O–H groups in total. The number of aliphatic hydroxyl groups is 1. The molecule has 2 atom stereocenters. The molecule has 4 nitrogen and oxygen atoms in total. The van der Waals surface area contributed by atoms with Crippen LogP contribution in [0.1, 0.15) is 49.5 Å². The molecule has 0 radical (unpaired) electrons. The number of aromatic nitrogens is 1. The van der Waals surface area contributed by atoms with E-state index in [2.05, 4.69) is 9.88 Å². The van der Waals surface area contributed by atoms with E-state index in [1.54, 1.807) is 18.7 Å². The predicted octanol–water partition coefficient (Wildman–Crippen LogP) is 4.20. The number of halogens is 1. The number of pyridine rings is 1. The Bertz CT molecular complexity index is 603. The fourth-order valence-electron chi connectivity index (χ4n) is 3.32. The number of likely N-dealkylation sites (tertiary alicyclic amines) is 1. The van der Waals surface area contributed by atoms with Gasteiger partial charge in [-0.25, -0.2) is 0 Å². The quantitative estimate of drug-likeness (QED) is 0.890. The molecule has 2 aromatic rings. The van der Waals surface area contributed by atoms with E-state index in [4.69, 9.17) is 16.0 Å². The Morgan fingerprint density at radius 2 is 2.26 bits per heavy atom. The standard InChI is InChI=1S/C18H23ClN2O2/c19-16-12-20-8-7-14(16)13-21-9-3-1-2-5-15(21)11-17(22)18-6-4-10-23-18/h4,6-8,10,12,15,17,22H,1-3,5,9,11,13H2. The third-order valence-electron chi connectivity index (χ3n) is 4.60. The zero-order chi connectivity index (χ0) is 16.1. The maximum Gasteiger partial charge on any atom is 0.132 e. The van der Waals surface area contributed by atoms with Crippen molar-refractivity contribution in [1.29, 1.82) is 0 Å². The van der Waals surface area contributed by atoms with Crippen molar-refractivity contribution in [2.75, 3.05) is 6.54 Å². The number of nitrogens with zero attached hydrogens (tertiary/aromatic N) is 2. The van der Waals surface area contributed by atoms with Gasteiger partial charge in [-0.05, 0) is 49.6 Å². The van der Waals surface area contributed by atoms with Gasteiger partial charge in [-0.15, -0.1) is 0 Å². The molecule has 2 unspecified atom stereocenters. The third-order valence-corrected chi connectivity index (χ3v) is 4.94. The number of hydrogen-bond acceptors (Lipinski definition) is 4. The van der Waals surface area contributed by atoms with Crippen molar-refractivity contribution in [1.82, 2.24) is 9.88 Å². The molecule has 5 heteroatoms. The highest BCUT2D eigenvalue weighted by Gasteiger charge is 2.25. The summed E-state index contributed by atoms with van der Waals surface area (Å²) in [6, 6.07) is 5.97. The van der Waals surface area contributed by atoms with Crippen molar-refractivity contribution in [3.8, 4) is 0 Å². The number of furan rings is 1. The molecule has 0 spiro atoms. The van der Waals surface area contributed by atoms with Gasteiger partial charge in [0.05, 0.1) is 11.3 Å². The van der Waals surface area contributed by atoms with Gasteiger partial charge in [0.25, 0.3) is 0 Å². The van der Waals surface area contributed by atoms with Crippen LogP contribution >= 0.6 is 11.6 Å². The van der Waals surface area contributed by atoms with Crippen LogP contribution in [0.4, 0.5) is 0 Å². The smallest absolute Gasteiger partial charge is 0.132 e. The van der Waals surface area contributed by atoms with E-state index in [0.717, 1.165) is 25.1 Å². The summed E-state index contributed by atoms with van der Waals surface area (Å²) in [4.78, 5) is 6.50. The molecule has 1 aliphatic heterocycles. The molecule has 0 aliphatic carbocycles. The van der Waals surface area contributed by atoms with Gasteiger partial charge in [0.2, 0.25) is 0 Å². The highest BCUT2D eigenvalue weighted by atomic mass is 35.5. The summed E-state index contributed by atoms with van der Waals surface area (Å²) in [5, 5.41) is 11.1. The van der Waals surface area contributed by atoms with E-state index in [9.17, 15) is 5.11 Å². The molecule has 2 aromatic heterocycles. The normalized spacial score (nSPS) is 21.0. The van der Waals surface area contributed by atoms with Crippen molar-refractivity contribution in [2.45, 2.75) is 50.8 Å². The highest BCUT2D eigenvalue weighted by molar-refractivity contribution is 6.31. The second kappa shape index (κ2) is 7.95. The maximum absolute atomic E-state index is 10.4. The van der Waals surface area contributed by atoms with Crippen LogP contribution in [0.2, 0.25) is 5.02 Å². The van der Waals surface area contributed by atoms with Gasteiger partial charge in [0, 0.05) is 25.0 Å². The van der Waals surface area contributed by atoms with Crippen LogP contribution in [0, 0.1) is 0 Å². The summed E-state index contributed by atoms with van der Waals surface area (Å²) < 4.78 is 5.34. The predicted molar refractivity (Wildman–Crippen MR) is 90.2 cm³/mol. The van der Waals surface area contributed by atoms with E-state index >= 15 is 0 Å². The zero-order valence-corrected chi connectivity index (χ0v) is 14.0. The first-order chi connectivity index (χ1) is 11.2. The summed E-state index contributed by atoms with van der Waals surface area (Å²) in [6.45, 7) is 1.84. The van der Waals surface area contributed by atoms with E-state index in [1.807, 2.05) is 18.2 Å².